The van der Waals surface area contributed by atoms with Gasteiger partial charge in [0.05, 0.1) is 18.1 Å². The van der Waals surface area contributed by atoms with Crippen LogP contribution in [-0.4, -0.2) is 49.6 Å². The number of hydrogen-bond donors (Lipinski definition) is 0. The van der Waals surface area contributed by atoms with Crippen molar-refractivity contribution in [2.24, 2.45) is 5.92 Å². The quantitative estimate of drug-likeness (QED) is 0.595. The fourth-order valence-corrected chi connectivity index (χ4v) is 3.09. The summed E-state index contributed by atoms with van der Waals surface area (Å²) in [5.74, 6) is 0.275. The number of carbonyl (C=O) groups excluding carboxylic acids is 1. The van der Waals surface area contributed by atoms with E-state index >= 15 is 0 Å². The molecule has 6 heteroatoms. The van der Waals surface area contributed by atoms with Gasteiger partial charge >= 0.3 is 0 Å². The van der Waals surface area contributed by atoms with Crippen LogP contribution in [0.25, 0.3) is 0 Å². The smallest absolute Gasteiger partial charge is 0.253 e. The van der Waals surface area contributed by atoms with E-state index in [9.17, 15) is 4.79 Å². The molecule has 1 saturated heterocycles. The van der Waals surface area contributed by atoms with E-state index in [0.29, 0.717) is 5.92 Å². The van der Waals surface area contributed by atoms with Gasteiger partial charge in [-0.1, -0.05) is 6.07 Å². The van der Waals surface area contributed by atoms with Crippen molar-refractivity contribution in [3.63, 3.8) is 0 Å². The predicted octanol–water partition coefficient (Wildman–Crippen LogP) is 2.72. The third-order valence-corrected chi connectivity index (χ3v) is 4.82. The first-order valence-electron chi connectivity index (χ1n) is 7.55. The Bertz CT molecular complexity index is 475. The molecule has 0 N–H and O–H groups in total. The number of hydrogen-bond acceptors (Lipinski definition) is 5. The molecule has 1 aromatic heterocycles. The molecule has 1 aliphatic rings. The first kappa shape index (κ1) is 17.2. The van der Waals surface area contributed by atoms with Gasteiger partial charge in [0.25, 0.3) is 5.91 Å². The number of amides is 1. The Morgan fingerprint density at radius 3 is 2.77 bits per heavy atom. The molecule has 5 nitrogen and oxygen atoms in total. The molecule has 1 aromatic rings. The number of carbonyl (C=O) groups is 1. The summed E-state index contributed by atoms with van der Waals surface area (Å²) in [6, 6.07) is 3.97. The van der Waals surface area contributed by atoms with E-state index in [1.54, 1.807) is 18.8 Å². The van der Waals surface area contributed by atoms with Crippen LogP contribution < -0.4 is 0 Å². The van der Waals surface area contributed by atoms with Gasteiger partial charge in [0, 0.05) is 26.5 Å². The van der Waals surface area contributed by atoms with Gasteiger partial charge in [0.1, 0.15) is 0 Å². The molecule has 0 radical (unpaired) electrons. The second kappa shape index (κ2) is 8.50. The van der Waals surface area contributed by atoms with Gasteiger partial charge in [-0.3, -0.25) is 9.63 Å². The second-order valence-electron chi connectivity index (χ2n) is 5.50. The van der Waals surface area contributed by atoms with E-state index in [-0.39, 0.29) is 11.8 Å². The van der Waals surface area contributed by atoms with Crippen LogP contribution in [0, 0.1) is 5.92 Å². The summed E-state index contributed by atoms with van der Waals surface area (Å²) in [7, 11) is 3.17. The van der Waals surface area contributed by atoms with Crippen LogP contribution in [-0.2, 0) is 14.4 Å². The maximum absolute atomic E-state index is 12.6. The van der Waals surface area contributed by atoms with Crippen molar-refractivity contribution in [1.29, 1.82) is 0 Å². The van der Waals surface area contributed by atoms with Gasteiger partial charge in [-0.15, -0.1) is 11.8 Å². The fourth-order valence-electron chi connectivity index (χ4n) is 2.72. The molecule has 1 amide bonds. The fraction of sp³-hybridized carbons (Fsp3) is 0.625. The Labute approximate surface area is 136 Å². The number of pyridine rings is 1. The van der Waals surface area contributed by atoms with Gasteiger partial charge in [-0.25, -0.2) is 10.0 Å². The molecule has 0 saturated carbocycles. The highest BCUT2D eigenvalue weighted by Gasteiger charge is 2.28. The third kappa shape index (κ3) is 4.44. The van der Waals surface area contributed by atoms with Gasteiger partial charge in [0.2, 0.25) is 0 Å². The van der Waals surface area contributed by atoms with Gasteiger partial charge < -0.3 is 4.74 Å². The molecule has 0 aromatic carbocycles. The second-order valence-corrected chi connectivity index (χ2v) is 6.32. The normalized spacial score (nSPS) is 17.2. The van der Waals surface area contributed by atoms with Crippen LogP contribution in [0.1, 0.15) is 30.7 Å². The Hall–Kier alpha value is -1.11. The molecule has 0 bridgehead atoms. The summed E-state index contributed by atoms with van der Waals surface area (Å²) in [6.45, 7) is 1.57. The summed E-state index contributed by atoms with van der Waals surface area (Å²) in [6.07, 6.45) is 6.65. The first-order valence-corrected chi connectivity index (χ1v) is 8.77. The van der Waals surface area contributed by atoms with Crippen molar-refractivity contribution >= 4 is 17.7 Å². The number of likely N-dealkylation sites (N-methyl/N-ethyl adjacent to an activating group) is 1. The van der Waals surface area contributed by atoms with Gasteiger partial charge in [0.15, 0.2) is 0 Å². The number of aromatic nitrogens is 1. The molecule has 122 valence electrons. The molecule has 0 aliphatic carbocycles. The van der Waals surface area contributed by atoms with Crippen molar-refractivity contribution in [2.75, 3.05) is 33.6 Å². The molecule has 1 fully saturated rings. The summed E-state index contributed by atoms with van der Waals surface area (Å²) >= 11 is 1.60. The largest absolute Gasteiger partial charge is 0.381 e. The number of rotatable bonds is 6. The number of nitrogens with zero attached hydrogens (tertiary/aromatic N) is 2. The monoisotopic (exact) mass is 324 g/mol. The Morgan fingerprint density at radius 2 is 2.23 bits per heavy atom. The zero-order valence-electron chi connectivity index (χ0n) is 13.4. The minimum absolute atomic E-state index is 0.0207. The summed E-state index contributed by atoms with van der Waals surface area (Å²) in [4.78, 5) is 22.1. The summed E-state index contributed by atoms with van der Waals surface area (Å²) in [5.41, 5.74) is 0.957. The highest BCUT2D eigenvalue weighted by Crippen LogP contribution is 2.31. The molecule has 2 rings (SSSR count). The van der Waals surface area contributed by atoms with Crippen molar-refractivity contribution in [2.45, 2.75) is 30.2 Å². The predicted molar refractivity (Wildman–Crippen MR) is 86.7 cm³/mol. The topological polar surface area (TPSA) is 51.7 Å². The van der Waals surface area contributed by atoms with Crippen LogP contribution in [0.2, 0.25) is 0 Å². The third-order valence-electron chi connectivity index (χ3n) is 4.16. The van der Waals surface area contributed by atoms with Crippen LogP contribution in [0.3, 0.4) is 0 Å². The average molecular weight is 324 g/mol. The number of ether oxygens (including phenoxy) is 1. The van der Waals surface area contributed by atoms with Crippen molar-refractivity contribution in [1.82, 2.24) is 10.0 Å². The molecule has 1 aliphatic heterocycles. The van der Waals surface area contributed by atoms with Crippen molar-refractivity contribution < 1.29 is 14.4 Å². The minimum atomic E-state index is -0.212. The maximum Gasteiger partial charge on any atom is 0.253 e. The molecule has 0 spiro atoms. The zero-order valence-corrected chi connectivity index (χ0v) is 14.3. The van der Waals surface area contributed by atoms with E-state index in [4.69, 9.17) is 9.57 Å². The lowest BCUT2D eigenvalue weighted by Gasteiger charge is -2.28. The minimum Gasteiger partial charge on any atom is -0.381 e. The van der Waals surface area contributed by atoms with Crippen LogP contribution in [0.15, 0.2) is 23.4 Å². The first-order chi connectivity index (χ1) is 10.7. The highest BCUT2D eigenvalue weighted by atomic mass is 32.2. The van der Waals surface area contributed by atoms with Gasteiger partial charge in [-0.05, 0) is 43.1 Å². The van der Waals surface area contributed by atoms with Crippen molar-refractivity contribution in [3.8, 4) is 0 Å². The average Bonchev–Trinajstić information content (AvgIpc) is 2.59. The Morgan fingerprint density at radius 1 is 1.50 bits per heavy atom. The molecule has 22 heavy (non-hydrogen) atoms. The Balaban J connectivity index is 2.17. The molecule has 2 heterocycles. The summed E-state index contributed by atoms with van der Waals surface area (Å²) < 4.78 is 5.41. The van der Waals surface area contributed by atoms with E-state index in [2.05, 4.69) is 4.98 Å². The lowest BCUT2D eigenvalue weighted by Crippen LogP contribution is -2.32. The number of hydroxylamine groups is 2. The van der Waals surface area contributed by atoms with Crippen molar-refractivity contribution in [3.05, 3.63) is 23.9 Å². The van der Waals surface area contributed by atoms with Crippen LogP contribution >= 0.6 is 11.8 Å². The lowest BCUT2D eigenvalue weighted by molar-refractivity contribution is -0.171. The number of thioether (sulfide) groups is 1. The molecular formula is C16H24N2O3S. The van der Waals surface area contributed by atoms with E-state index in [0.717, 1.165) is 43.1 Å². The van der Waals surface area contributed by atoms with E-state index in [1.165, 1.54) is 12.2 Å². The summed E-state index contributed by atoms with van der Waals surface area (Å²) in [5, 5.41) is 2.27. The standard InChI is InChI=1S/C16H24N2O3S/c1-18(20-2)16(19)14(10-12-6-8-21-9-7-12)13-4-5-15(22-3)17-11-13/h4-5,11-12,14H,6-10H2,1-3H3. The van der Waals surface area contributed by atoms with E-state index in [1.807, 2.05) is 24.6 Å². The molecule has 1 atom stereocenters. The lowest BCUT2D eigenvalue weighted by atomic mass is 9.85. The maximum atomic E-state index is 12.6. The van der Waals surface area contributed by atoms with Crippen LogP contribution in [0.5, 0.6) is 0 Å². The van der Waals surface area contributed by atoms with Crippen LogP contribution in [0.4, 0.5) is 0 Å². The van der Waals surface area contributed by atoms with E-state index < -0.39 is 0 Å². The Kier molecular flexibility index (Phi) is 6.67. The SMILES string of the molecule is CON(C)C(=O)C(CC1CCOCC1)c1ccc(SC)nc1. The highest BCUT2D eigenvalue weighted by molar-refractivity contribution is 7.98. The molecule has 1 unspecified atom stereocenters. The van der Waals surface area contributed by atoms with Gasteiger partial charge in [-0.2, -0.15) is 0 Å². The zero-order chi connectivity index (χ0) is 15.9. The molecular weight excluding hydrogens is 300 g/mol.